The summed E-state index contributed by atoms with van der Waals surface area (Å²) in [5.41, 5.74) is 0. The predicted molar refractivity (Wildman–Crippen MR) is 73.5 cm³/mol. The van der Waals surface area contributed by atoms with Crippen molar-refractivity contribution in [3.63, 3.8) is 0 Å². The molecule has 1 aromatic carbocycles. The third kappa shape index (κ3) is 3.41. The van der Waals surface area contributed by atoms with Crippen LogP contribution in [0.4, 0.5) is 0 Å². The van der Waals surface area contributed by atoms with Gasteiger partial charge in [-0.25, -0.2) is 13.1 Å². The summed E-state index contributed by atoms with van der Waals surface area (Å²) in [5.74, 6) is 0.937. The smallest absolute Gasteiger partial charge is 0.244 e. The quantitative estimate of drug-likeness (QED) is 0.776. The van der Waals surface area contributed by atoms with Crippen LogP contribution in [0.25, 0.3) is 0 Å². The van der Waals surface area contributed by atoms with Crippen LogP contribution in [0.2, 0.25) is 0 Å². The van der Waals surface area contributed by atoms with Gasteiger partial charge < -0.3 is 14.6 Å². The first-order valence-electron chi connectivity index (χ1n) is 6.37. The van der Waals surface area contributed by atoms with E-state index in [1.807, 2.05) is 0 Å². The lowest BCUT2D eigenvalue weighted by molar-refractivity contribution is 0.155. The minimum Gasteiger partial charge on any atom is -0.497 e. The number of aliphatic hydroxyl groups is 1. The van der Waals surface area contributed by atoms with E-state index in [-0.39, 0.29) is 23.1 Å². The fourth-order valence-corrected chi connectivity index (χ4v) is 3.12. The van der Waals surface area contributed by atoms with Gasteiger partial charge >= 0.3 is 0 Å². The molecular formula is C13H19NO5S. The van der Waals surface area contributed by atoms with Gasteiger partial charge in [0.15, 0.2) is 0 Å². The molecule has 0 amide bonds. The second kappa shape index (κ2) is 5.99. The zero-order valence-corrected chi connectivity index (χ0v) is 12.3. The monoisotopic (exact) mass is 301 g/mol. The first kappa shape index (κ1) is 15.1. The van der Waals surface area contributed by atoms with E-state index in [9.17, 15) is 13.5 Å². The Bertz CT molecular complexity index is 568. The van der Waals surface area contributed by atoms with Crippen molar-refractivity contribution in [2.24, 2.45) is 5.92 Å². The van der Waals surface area contributed by atoms with Crippen LogP contribution < -0.4 is 14.2 Å². The Balaban J connectivity index is 2.15. The van der Waals surface area contributed by atoms with Gasteiger partial charge in [-0.05, 0) is 30.9 Å². The van der Waals surface area contributed by atoms with Gasteiger partial charge in [-0.15, -0.1) is 0 Å². The van der Waals surface area contributed by atoms with Crippen LogP contribution in [0.1, 0.15) is 12.8 Å². The van der Waals surface area contributed by atoms with Crippen molar-refractivity contribution in [3.8, 4) is 11.5 Å². The Labute approximate surface area is 118 Å². The molecule has 1 aliphatic carbocycles. The third-order valence-electron chi connectivity index (χ3n) is 3.31. The lowest BCUT2D eigenvalue weighted by Crippen LogP contribution is -2.33. The second-order valence-corrected chi connectivity index (χ2v) is 6.51. The SMILES string of the molecule is COc1ccc(S(=O)(=O)NCC(O)C2CC2)c(OC)c1. The minimum atomic E-state index is -3.72. The van der Waals surface area contributed by atoms with E-state index in [1.54, 1.807) is 6.07 Å². The minimum absolute atomic E-state index is 0.0161. The molecule has 20 heavy (non-hydrogen) atoms. The molecule has 1 fully saturated rings. The van der Waals surface area contributed by atoms with Crippen LogP contribution in [-0.4, -0.2) is 40.4 Å². The van der Waals surface area contributed by atoms with E-state index in [0.717, 1.165) is 12.8 Å². The number of aliphatic hydroxyl groups excluding tert-OH is 1. The maximum absolute atomic E-state index is 12.2. The van der Waals surface area contributed by atoms with Crippen molar-refractivity contribution < 1.29 is 23.0 Å². The van der Waals surface area contributed by atoms with Gasteiger partial charge in [-0.3, -0.25) is 0 Å². The number of sulfonamides is 1. The average molecular weight is 301 g/mol. The van der Waals surface area contributed by atoms with Crippen LogP contribution in [-0.2, 0) is 10.0 Å². The molecule has 0 aliphatic heterocycles. The fraction of sp³-hybridized carbons (Fsp3) is 0.538. The van der Waals surface area contributed by atoms with Crippen LogP contribution in [0.3, 0.4) is 0 Å². The van der Waals surface area contributed by atoms with E-state index >= 15 is 0 Å². The fourth-order valence-electron chi connectivity index (χ4n) is 1.92. The largest absolute Gasteiger partial charge is 0.497 e. The molecule has 0 saturated heterocycles. The molecule has 1 aromatic rings. The number of nitrogens with one attached hydrogen (secondary N) is 1. The summed E-state index contributed by atoms with van der Waals surface area (Å²) in [6.07, 6.45) is 1.28. The number of hydrogen-bond acceptors (Lipinski definition) is 5. The van der Waals surface area contributed by atoms with Gasteiger partial charge in [0.2, 0.25) is 10.0 Å². The molecule has 0 spiro atoms. The standard InChI is InChI=1S/C13H19NO5S/c1-18-10-5-6-13(12(7-10)19-2)20(16,17)14-8-11(15)9-3-4-9/h5-7,9,11,14-15H,3-4,8H2,1-2H3. The van der Waals surface area contributed by atoms with Gasteiger partial charge in [0, 0.05) is 12.6 Å². The van der Waals surface area contributed by atoms with Crippen molar-refractivity contribution in [1.82, 2.24) is 4.72 Å². The molecule has 1 saturated carbocycles. The molecule has 1 atom stereocenters. The molecular weight excluding hydrogens is 282 g/mol. The number of methoxy groups -OCH3 is 2. The Morgan fingerprint density at radius 3 is 2.60 bits per heavy atom. The summed E-state index contributed by atoms with van der Waals surface area (Å²) >= 11 is 0. The highest BCUT2D eigenvalue weighted by atomic mass is 32.2. The third-order valence-corrected chi connectivity index (χ3v) is 4.77. The maximum atomic E-state index is 12.2. The molecule has 1 unspecified atom stereocenters. The molecule has 7 heteroatoms. The molecule has 0 heterocycles. The van der Waals surface area contributed by atoms with Gasteiger partial charge in [-0.1, -0.05) is 0 Å². The predicted octanol–water partition coefficient (Wildman–Crippen LogP) is 0.753. The van der Waals surface area contributed by atoms with E-state index in [0.29, 0.717) is 5.75 Å². The summed E-state index contributed by atoms with van der Waals surface area (Å²) in [7, 11) is -0.830. The maximum Gasteiger partial charge on any atom is 0.244 e. The van der Waals surface area contributed by atoms with E-state index in [1.165, 1.54) is 26.4 Å². The number of hydrogen-bond donors (Lipinski definition) is 2. The first-order chi connectivity index (χ1) is 9.47. The van der Waals surface area contributed by atoms with E-state index in [4.69, 9.17) is 9.47 Å². The van der Waals surface area contributed by atoms with Crippen LogP contribution in [0.5, 0.6) is 11.5 Å². The first-order valence-corrected chi connectivity index (χ1v) is 7.86. The van der Waals surface area contributed by atoms with Crippen LogP contribution in [0.15, 0.2) is 23.1 Å². The molecule has 2 rings (SSSR count). The topological polar surface area (TPSA) is 84.9 Å². The molecule has 112 valence electrons. The van der Waals surface area contributed by atoms with Crippen molar-refractivity contribution in [1.29, 1.82) is 0 Å². The Morgan fingerprint density at radius 2 is 2.05 bits per heavy atom. The highest BCUT2D eigenvalue weighted by Gasteiger charge is 2.31. The van der Waals surface area contributed by atoms with Crippen molar-refractivity contribution in [2.75, 3.05) is 20.8 Å². The van der Waals surface area contributed by atoms with Crippen molar-refractivity contribution in [3.05, 3.63) is 18.2 Å². The van der Waals surface area contributed by atoms with E-state index in [2.05, 4.69) is 4.72 Å². The van der Waals surface area contributed by atoms with Crippen molar-refractivity contribution in [2.45, 2.75) is 23.8 Å². The Morgan fingerprint density at radius 1 is 1.35 bits per heavy atom. The average Bonchev–Trinajstić information content (AvgIpc) is 3.28. The van der Waals surface area contributed by atoms with Gasteiger partial charge in [0.05, 0.1) is 20.3 Å². The molecule has 0 aromatic heterocycles. The summed E-state index contributed by atoms with van der Waals surface area (Å²) in [6.45, 7) is 0.0161. The van der Waals surface area contributed by atoms with Gasteiger partial charge in [0.1, 0.15) is 16.4 Å². The number of benzene rings is 1. The van der Waals surface area contributed by atoms with Gasteiger partial charge in [0.25, 0.3) is 0 Å². The molecule has 1 aliphatic rings. The molecule has 0 bridgehead atoms. The Kier molecular flexibility index (Phi) is 4.52. The lowest BCUT2D eigenvalue weighted by Gasteiger charge is -2.14. The number of rotatable bonds is 7. The highest BCUT2D eigenvalue weighted by Crippen LogP contribution is 2.33. The summed E-state index contributed by atoms with van der Waals surface area (Å²) < 4.78 is 36.9. The van der Waals surface area contributed by atoms with Crippen molar-refractivity contribution >= 4 is 10.0 Å². The number of ether oxygens (including phenoxy) is 2. The molecule has 0 radical (unpaired) electrons. The van der Waals surface area contributed by atoms with E-state index < -0.39 is 16.1 Å². The lowest BCUT2D eigenvalue weighted by atomic mass is 10.2. The molecule has 6 nitrogen and oxygen atoms in total. The summed E-state index contributed by atoms with van der Waals surface area (Å²) in [6, 6.07) is 4.48. The summed E-state index contributed by atoms with van der Waals surface area (Å²) in [5, 5.41) is 9.73. The van der Waals surface area contributed by atoms with Gasteiger partial charge in [-0.2, -0.15) is 0 Å². The zero-order chi connectivity index (χ0) is 14.8. The molecule has 2 N–H and O–H groups in total. The van der Waals surface area contributed by atoms with Crippen LogP contribution >= 0.6 is 0 Å². The van der Waals surface area contributed by atoms with Crippen LogP contribution in [0, 0.1) is 5.92 Å². The highest BCUT2D eigenvalue weighted by molar-refractivity contribution is 7.89. The normalized spacial score (nSPS) is 16.8. The zero-order valence-electron chi connectivity index (χ0n) is 11.5. The second-order valence-electron chi connectivity index (χ2n) is 4.77. The Hall–Kier alpha value is -1.31. The summed E-state index contributed by atoms with van der Waals surface area (Å²) in [4.78, 5) is 0.0313.